The molecule has 1 aliphatic rings. The van der Waals surface area contributed by atoms with Crippen LogP contribution in [0.25, 0.3) is 12.2 Å². The molecule has 0 bridgehead atoms. The highest BCUT2D eigenvalue weighted by Crippen LogP contribution is 2.23. The molecule has 1 aliphatic heterocycles. The molecule has 0 saturated heterocycles. The van der Waals surface area contributed by atoms with Gasteiger partial charge in [0, 0.05) is 21.6 Å². The molecule has 0 fully saturated rings. The number of esters is 1. The van der Waals surface area contributed by atoms with E-state index in [1.165, 1.54) is 18.3 Å². The highest BCUT2D eigenvalue weighted by atomic mass is 32.1. The van der Waals surface area contributed by atoms with Crippen molar-refractivity contribution in [1.82, 2.24) is 5.32 Å². The summed E-state index contributed by atoms with van der Waals surface area (Å²) in [4.78, 5) is 30.7. The molecule has 0 atom stereocenters. The van der Waals surface area contributed by atoms with Crippen LogP contribution in [0.4, 0.5) is 0 Å². The second-order valence-electron chi connectivity index (χ2n) is 5.04. The molecule has 122 valence electrons. The van der Waals surface area contributed by atoms with Crippen molar-refractivity contribution in [1.29, 1.82) is 0 Å². The van der Waals surface area contributed by atoms with E-state index in [1.54, 1.807) is 23.5 Å². The van der Waals surface area contributed by atoms with E-state index in [1.807, 2.05) is 36.6 Å². The van der Waals surface area contributed by atoms with E-state index in [2.05, 4.69) is 10.3 Å². The van der Waals surface area contributed by atoms with Gasteiger partial charge in [-0.25, -0.2) is 9.79 Å². The van der Waals surface area contributed by atoms with Gasteiger partial charge in [-0.3, -0.25) is 4.79 Å². The maximum absolute atomic E-state index is 12.1. The van der Waals surface area contributed by atoms with Crippen molar-refractivity contribution >= 4 is 52.6 Å². The molecule has 0 aliphatic carbocycles. The molecule has 1 N–H and O–H groups in total. The molecule has 3 rings (SSSR count). The summed E-state index contributed by atoms with van der Waals surface area (Å²) in [7, 11) is 0. The quantitative estimate of drug-likeness (QED) is 0.671. The number of rotatable bonds is 4. The average molecular weight is 358 g/mol. The van der Waals surface area contributed by atoms with Gasteiger partial charge in [0.1, 0.15) is 5.70 Å². The summed E-state index contributed by atoms with van der Waals surface area (Å²) in [6, 6.07) is 7.69. The fourth-order valence-electron chi connectivity index (χ4n) is 2.05. The minimum atomic E-state index is -0.529. The molecule has 2 aromatic heterocycles. The molecule has 0 spiro atoms. The molecule has 0 unspecified atom stereocenters. The van der Waals surface area contributed by atoms with Crippen LogP contribution in [0.15, 0.2) is 46.0 Å². The van der Waals surface area contributed by atoms with Gasteiger partial charge >= 0.3 is 5.97 Å². The number of amides is 1. The van der Waals surface area contributed by atoms with E-state index >= 15 is 0 Å². The average Bonchev–Trinajstić information content (AvgIpc) is 3.22. The van der Waals surface area contributed by atoms with Crippen LogP contribution in [0, 0.1) is 6.92 Å². The molecular weight excluding hydrogens is 344 g/mol. The summed E-state index contributed by atoms with van der Waals surface area (Å²) < 4.78 is 5.23. The van der Waals surface area contributed by atoms with Gasteiger partial charge in [0.05, 0.1) is 0 Å². The first kappa shape index (κ1) is 16.4. The Morgan fingerprint density at radius 3 is 2.75 bits per heavy atom. The number of hydrogen-bond donors (Lipinski definition) is 1. The molecular formula is C17H14N2O3S2. The van der Waals surface area contributed by atoms with Gasteiger partial charge < -0.3 is 10.1 Å². The molecule has 0 aromatic carbocycles. The number of carbonyl (C=O) groups excluding carboxylic acids is 2. The summed E-state index contributed by atoms with van der Waals surface area (Å²) in [5.41, 5.74) is 0.582. The fourth-order valence-corrected chi connectivity index (χ4v) is 3.52. The number of ether oxygens (including phenoxy) is 1. The maximum Gasteiger partial charge on any atom is 0.363 e. The lowest BCUT2D eigenvalue weighted by Crippen LogP contribution is -2.25. The largest absolute Gasteiger partial charge is 0.400 e. The Hall–Kier alpha value is -2.51. The number of aryl methyl sites for hydroxylation is 1. The summed E-state index contributed by atoms with van der Waals surface area (Å²) >= 11 is 3.07. The van der Waals surface area contributed by atoms with E-state index < -0.39 is 5.97 Å². The standard InChI is InChI=1S/C17H14N2O3S2/c1-10-5-6-13(24-10)9-15-17(21)22-16(19-15)14(18-11(2)20)8-12-4-3-7-23-12/h3-9H,1-2H3,(H,18,20). The third kappa shape index (κ3) is 3.87. The predicted octanol–water partition coefficient (Wildman–Crippen LogP) is 3.59. The Balaban J connectivity index is 1.93. The number of carbonyl (C=O) groups is 2. The second kappa shape index (κ2) is 6.94. The molecule has 2 aromatic rings. The van der Waals surface area contributed by atoms with Gasteiger partial charge in [-0.05, 0) is 42.7 Å². The van der Waals surface area contributed by atoms with Gasteiger partial charge in [-0.1, -0.05) is 6.07 Å². The Bertz CT molecular complexity index is 874. The molecule has 0 saturated carbocycles. The van der Waals surface area contributed by atoms with E-state index in [-0.39, 0.29) is 17.5 Å². The van der Waals surface area contributed by atoms with Crippen molar-refractivity contribution < 1.29 is 14.3 Å². The molecule has 24 heavy (non-hydrogen) atoms. The number of aliphatic imine (C=N–C) groups is 1. The Labute approximate surface area is 147 Å². The van der Waals surface area contributed by atoms with Gasteiger partial charge in [0.2, 0.25) is 11.8 Å². The van der Waals surface area contributed by atoms with Crippen molar-refractivity contribution in [2.75, 3.05) is 0 Å². The maximum atomic E-state index is 12.1. The van der Waals surface area contributed by atoms with Gasteiger partial charge in [0.15, 0.2) is 5.70 Å². The second-order valence-corrected chi connectivity index (χ2v) is 7.34. The van der Waals surface area contributed by atoms with Gasteiger partial charge in [-0.2, -0.15) is 0 Å². The fraction of sp³-hybridized carbons (Fsp3) is 0.118. The number of nitrogens with zero attached hydrogens (tertiary/aromatic N) is 1. The van der Waals surface area contributed by atoms with E-state index in [4.69, 9.17) is 4.74 Å². The predicted molar refractivity (Wildman–Crippen MR) is 96.7 cm³/mol. The minimum Gasteiger partial charge on any atom is -0.400 e. The minimum absolute atomic E-state index is 0.100. The monoisotopic (exact) mass is 358 g/mol. The van der Waals surface area contributed by atoms with Crippen LogP contribution < -0.4 is 5.32 Å². The normalized spacial score (nSPS) is 16.2. The Morgan fingerprint density at radius 1 is 1.29 bits per heavy atom. The topological polar surface area (TPSA) is 67.8 Å². The van der Waals surface area contributed by atoms with Crippen LogP contribution in [0.5, 0.6) is 0 Å². The lowest BCUT2D eigenvalue weighted by atomic mass is 10.3. The molecule has 7 heteroatoms. The van der Waals surface area contributed by atoms with Gasteiger partial charge in [-0.15, -0.1) is 22.7 Å². The number of hydrogen-bond acceptors (Lipinski definition) is 6. The van der Waals surface area contributed by atoms with Crippen molar-refractivity contribution in [3.05, 3.63) is 55.7 Å². The van der Waals surface area contributed by atoms with E-state index in [0.717, 1.165) is 14.6 Å². The van der Waals surface area contributed by atoms with Crippen molar-refractivity contribution in [2.24, 2.45) is 4.99 Å². The number of cyclic esters (lactones) is 1. The summed E-state index contributed by atoms with van der Waals surface area (Å²) in [6.45, 7) is 3.39. The van der Waals surface area contributed by atoms with E-state index in [0.29, 0.717) is 5.70 Å². The molecule has 3 heterocycles. The van der Waals surface area contributed by atoms with Crippen molar-refractivity contribution in [3.8, 4) is 0 Å². The lowest BCUT2D eigenvalue weighted by Gasteiger charge is -2.05. The Morgan fingerprint density at radius 2 is 2.12 bits per heavy atom. The molecule has 1 amide bonds. The van der Waals surface area contributed by atoms with Crippen LogP contribution >= 0.6 is 22.7 Å². The summed E-state index contributed by atoms with van der Waals surface area (Å²) in [6.07, 6.45) is 3.42. The SMILES string of the molecule is CC(=O)NC(=Cc1cccs1)C1=NC(=Cc2ccc(C)s2)C(=O)O1. The zero-order valence-corrected chi connectivity index (χ0v) is 14.7. The van der Waals surface area contributed by atoms with Crippen LogP contribution in [0.1, 0.15) is 21.6 Å². The summed E-state index contributed by atoms with van der Waals surface area (Å²) in [5.74, 6) is -0.690. The highest BCUT2D eigenvalue weighted by molar-refractivity contribution is 7.12. The van der Waals surface area contributed by atoms with Crippen LogP contribution in [-0.4, -0.2) is 17.8 Å². The zero-order valence-electron chi connectivity index (χ0n) is 13.0. The Kier molecular flexibility index (Phi) is 4.73. The van der Waals surface area contributed by atoms with E-state index in [9.17, 15) is 9.59 Å². The smallest absolute Gasteiger partial charge is 0.363 e. The first-order valence-corrected chi connectivity index (χ1v) is 8.83. The third-order valence-electron chi connectivity index (χ3n) is 3.03. The van der Waals surface area contributed by atoms with Crippen molar-refractivity contribution in [3.63, 3.8) is 0 Å². The highest BCUT2D eigenvalue weighted by Gasteiger charge is 2.26. The number of thiophene rings is 2. The molecule has 5 nitrogen and oxygen atoms in total. The first-order valence-electron chi connectivity index (χ1n) is 7.13. The molecule has 0 radical (unpaired) electrons. The van der Waals surface area contributed by atoms with Gasteiger partial charge in [0.25, 0.3) is 0 Å². The zero-order chi connectivity index (χ0) is 17.1. The lowest BCUT2D eigenvalue weighted by molar-refractivity contribution is -0.130. The van der Waals surface area contributed by atoms with Crippen LogP contribution in [-0.2, 0) is 14.3 Å². The number of nitrogens with one attached hydrogen (secondary N) is 1. The summed E-state index contributed by atoms with van der Waals surface area (Å²) in [5, 5.41) is 4.59. The van der Waals surface area contributed by atoms with Crippen LogP contribution in [0.2, 0.25) is 0 Å². The van der Waals surface area contributed by atoms with Crippen molar-refractivity contribution in [2.45, 2.75) is 13.8 Å². The third-order valence-corrected chi connectivity index (χ3v) is 4.80. The first-order chi connectivity index (χ1) is 11.5. The van der Waals surface area contributed by atoms with Crippen LogP contribution in [0.3, 0.4) is 0 Å².